The van der Waals surface area contributed by atoms with Gasteiger partial charge in [0, 0.05) is 0 Å². The van der Waals surface area contributed by atoms with Crippen molar-refractivity contribution in [2.45, 2.75) is 40.0 Å². The predicted molar refractivity (Wildman–Crippen MR) is 72.2 cm³/mol. The molecule has 1 atom stereocenters. The number of aliphatic carboxylic acids is 1. The van der Waals surface area contributed by atoms with Crippen molar-refractivity contribution >= 4 is 5.97 Å². The first-order chi connectivity index (χ1) is 8.21. The molecule has 1 unspecified atom stereocenters. The second-order valence-electron chi connectivity index (χ2n) is 5.78. The van der Waals surface area contributed by atoms with Crippen LogP contribution < -0.4 is 4.74 Å². The highest BCUT2D eigenvalue weighted by Crippen LogP contribution is 2.27. The summed E-state index contributed by atoms with van der Waals surface area (Å²) in [6, 6.07) is 6.05. The molecule has 0 aromatic heterocycles. The van der Waals surface area contributed by atoms with Gasteiger partial charge in [-0.05, 0) is 36.5 Å². The Morgan fingerprint density at radius 2 is 2.00 bits per heavy atom. The topological polar surface area (TPSA) is 46.5 Å². The van der Waals surface area contributed by atoms with Gasteiger partial charge in [-0.15, -0.1) is 0 Å². The maximum Gasteiger partial charge on any atom is 0.309 e. The van der Waals surface area contributed by atoms with Crippen LogP contribution in [0.1, 0.15) is 38.8 Å². The number of aryl methyl sites for hydroxylation is 1. The molecule has 0 aliphatic heterocycles. The molecule has 0 saturated carbocycles. The normalized spacial score (nSPS) is 13.2. The van der Waals surface area contributed by atoms with Crippen molar-refractivity contribution < 1.29 is 14.6 Å². The number of carboxylic acids is 1. The molecule has 0 saturated heterocycles. The van der Waals surface area contributed by atoms with Crippen LogP contribution in [0, 0.1) is 12.8 Å². The first-order valence-electron chi connectivity index (χ1n) is 6.18. The summed E-state index contributed by atoms with van der Waals surface area (Å²) in [5.74, 6) is -0.568. The molecule has 0 aliphatic rings. The molecule has 1 N–H and O–H groups in total. The average molecular weight is 250 g/mol. The molecule has 0 aliphatic carbocycles. The summed E-state index contributed by atoms with van der Waals surface area (Å²) >= 11 is 0. The fourth-order valence-electron chi connectivity index (χ4n) is 1.56. The molecule has 100 valence electrons. The molecule has 1 rings (SSSR count). The smallest absolute Gasteiger partial charge is 0.309 e. The fraction of sp³-hybridized carbons (Fsp3) is 0.533. The lowest BCUT2D eigenvalue weighted by atomic mass is 9.86. The zero-order valence-corrected chi connectivity index (χ0v) is 11.8. The molecule has 1 aromatic rings. The Hall–Kier alpha value is -1.51. The molecule has 0 bridgehead atoms. The number of benzene rings is 1. The maximum absolute atomic E-state index is 10.7. The van der Waals surface area contributed by atoms with Gasteiger partial charge in [-0.2, -0.15) is 0 Å². The Morgan fingerprint density at radius 1 is 1.39 bits per heavy atom. The van der Waals surface area contributed by atoms with Gasteiger partial charge >= 0.3 is 5.97 Å². The van der Waals surface area contributed by atoms with Gasteiger partial charge in [0.1, 0.15) is 12.4 Å². The van der Waals surface area contributed by atoms with Crippen LogP contribution in [0.15, 0.2) is 18.2 Å². The quantitative estimate of drug-likeness (QED) is 0.891. The molecule has 0 fully saturated rings. The van der Waals surface area contributed by atoms with E-state index in [0.717, 1.165) is 11.3 Å². The van der Waals surface area contributed by atoms with Crippen molar-refractivity contribution in [1.82, 2.24) is 0 Å². The van der Waals surface area contributed by atoms with Crippen LogP contribution in [-0.2, 0) is 10.2 Å². The summed E-state index contributed by atoms with van der Waals surface area (Å²) in [5.41, 5.74) is 2.40. The third-order valence-electron chi connectivity index (χ3n) is 2.95. The second kappa shape index (κ2) is 5.42. The van der Waals surface area contributed by atoms with Gasteiger partial charge < -0.3 is 9.84 Å². The Kier molecular flexibility index (Phi) is 4.38. The van der Waals surface area contributed by atoms with E-state index in [1.54, 1.807) is 6.92 Å². The largest absolute Gasteiger partial charge is 0.492 e. The lowest BCUT2D eigenvalue weighted by Crippen LogP contribution is -2.18. The third-order valence-corrected chi connectivity index (χ3v) is 2.95. The zero-order chi connectivity index (χ0) is 13.9. The van der Waals surface area contributed by atoms with Crippen molar-refractivity contribution in [1.29, 1.82) is 0 Å². The summed E-state index contributed by atoms with van der Waals surface area (Å²) in [6.07, 6.45) is 0. The van der Waals surface area contributed by atoms with E-state index in [-0.39, 0.29) is 12.0 Å². The van der Waals surface area contributed by atoms with Crippen molar-refractivity contribution in [3.63, 3.8) is 0 Å². The molecule has 0 spiro atoms. The van der Waals surface area contributed by atoms with E-state index >= 15 is 0 Å². The van der Waals surface area contributed by atoms with E-state index in [0.29, 0.717) is 0 Å². The molecule has 3 heteroatoms. The highest BCUT2D eigenvalue weighted by molar-refractivity contribution is 5.69. The Bertz CT molecular complexity index is 430. The standard InChI is InChI=1S/C15H22O3/c1-10-8-12(15(3,4)5)6-7-13(10)18-9-11(2)14(16)17/h6-8,11H,9H2,1-5H3,(H,16,17). The molecule has 0 radical (unpaired) electrons. The van der Waals surface area contributed by atoms with Crippen LogP contribution in [0.25, 0.3) is 0 Å². The minimum Gasteiger partial charge on any atom is -0.492 e. The van der Waals surface area contributed by atoms with E-state index in [1.807, 2.05) is 19.1 Å². The van der Waals surface area contributed by atoms with Crippen LogP contribution in [0.3, 0.4) is 0 Å². The summed E-state index contributed by atoms with van der Waals surface area (Å²) in [5, 5.41) is 8.80. The van der Waals surface area contributed by atoms with Gasteiger partial charge in [0.25, 0.3) is 0 Å². The van der Waals surface area contributed by atoms with Gasteiger partial charge in [0.15, 0.2) is 0 Å². The van der Waals surface area contributed by atoms with Crippen LogP contribution in [0.5, 0.6) is 5.75 Å². The maximum atomic E-state index is 10.7. The van der Waals surface area contributed by atoms with E-state index < -0.39 is 11.9 Å². The van der Waals surface area contributed by atoms with Gasteiger partial charge in [-0.3, -0.25) is 4.79 Å². The summed E-state index contributed by atoms with van der Waals surface area (Å²) < 4.78 is 5.55. The number of rotatable bonds is 4. The third kappa shape index (κ3) is 3.76. The van der Waals surface area contributed by atoms with Crippen LogP contribution >= 0.6 is 0 Å². The van der Waals surface area contributed by atoms with E-state index in [4.69, 9.17) is 9.84 Å². The van der Waals surface area contributed by atoms with Gasteiger partial charge in [0.2, 0.25) is 0 Å². The monoisotopic (exact) mass is 250 g/mol. The Balaban J connectivity index is 2.78. The Morgan fingerprint density at radius 3 is 2.44 bits per heavy atom. The number of carboxylic acid groups (broad SMARTS) is 1. The number of ether oxygens (including phenoxy) is 1. The van der Waals surface area contributed by atoms with Gasteiger partial charge in [0.05, 0.1) is 5.92 Å². The molecule has 0 amide bonds. The van der Waals surface area contributed by atoms with Crippen molar-refractivity contribution in [3.05, 3.63) is 29.3 Å². The molecule has 0 heterocycles. The number of carbonyl (C=O) groups is 1. The molecular formula is C15H22O3. The molecule has 3 nitrogen and oxygen atoms in total. The minimum absolute atomic E-state index is 0.109. The molecular weight excluding hydrogens is 228 g/mol. The number of hydrogen-bond acceptors (Lipinski definition) is 2. The predicted octanol–water partition coefficient (Wildman–Crippen LogP) is 3.39. The van der Waals surface area contributed by atoms with Crippen LogP contribution in [0.2, 0.25) is 0 Å². The van der Waals surface area contributed by atoms with Crippen molar-refractivity contribution in [2.75, 3.05) is 6.61 Å². The zero-order valence-electron chi connectivity index (χ0n) is 11.8. The van der Waals surface area contributed by atoms with Gasteiger partial charge in [-0.25, -0.2) is 0 Å². The SMILES string of the molecule is Cc1cc(C(C)(C)C)ccc1OCC(C)C(=O)O. The lowest BCUT2D eigenvalue weighted by molar-refractivity contribution is -0.142. The van der Waals surface area contributed by atoms with Crippen LogP contribution in [-0.4, -0.2) is 17.7 Å². The minimum atomic E-state index is -0.834. The summed E-state index contributed by atoms with van der Waals surface area (Å²) in [4.78, 5) is 10.7. The average Bonchev–Trinajstić information content (AvgIpc) is 2.25. The van der Waals surface area contributed by atoms with Crippen LogP contribution in [0.4, 0.5) is 0 Å². The van der Waals surface area contributed by atoms with E-state index in [1.165, 1.54) is 5.56 Å². The first kappa shape index (κ1) is 14.6. The van der Waals surface area contributed by atoms with Gasteiger partial charge in [-0.1, -0.05) is 32.9 Å². The molecule has 1 aromatic carbocycles. The first-order valence-corrected chi connectivity index (χ1v) is 6.18. The molecule has 18 heavy (non-hydrogen) atoms. The summed E-state index contributed by atoms with van der Waals surface area (Å²) in [6.45, 7) is 10.3. The van der Waals surface area contributed by atoms with Crippen molar-refractivity contribution in [2.24, 2.45) is 5.92 Å². The van der Waals surface area contributed by atoms with E-state index in [9.17, 15) is 4.79 Å². The highest BCUT2D eigenvalue weighted by Gasteiger charge is 2.16. The Labute approximate surface area is 109 Å². The summed E-state index contributed by atoms with van der Waals surface area (Å²) in [7, 11) is 0. The van der Waals surface area contributed by atoms with Crippen molar-refractivity contribution in [3.8, 4) is 5.75 Å². The second-order valence-corrected chi connectivity index (χ2v) is 5.78. The number of hydrogen-bond donors (Lipinski definition) is 1. The van der Waals surface area contributed by atoms with E-state index in [2.05, 4.69) is 26.8 Å². The highest BCUT2D eigenvalue weighted by atomic mass is 16.5. The lowest BCUT2D eigenvalue weighted by Gasteiger charge is -2.21. The fourth-order valence-corrected chi connectivity index (χ4v) is 1.56.